The first-order chi connectivity index (χ1) is 9.19. The van der Waals surface area contributed by atoms with E-state index in [1.165, 1.54) is 11.0 Å². The van der Waals surface area contributed by atoms with Gasteiger partial charge in [-0.1, -0.05) is 22.0 Å². The summed E-state index contributed by atoms with van der Waals surface area (Å²) < 4.78 is 27.7. The molecular formula is C13H19BrN2O3S. The van der Waals surface area contributed by atoms with Gasteiger partial charge in [-0.3, -0.25) is 4.79 Å². The van der Waals surface area contributed by atoms with E-state index in [4.69, 9.17) is 0 Å². The number of amides is 1. The molecule has 112 valence electrons. The van der Waals surface area contributed by atoms with E-state index in [1.807, 2.05) is 6.92 Å². The highest BCUT2D eigenvalue weighted by Crippen LogP contribution is 2.20. The maximum absolute atomic E-state index is 12.3. The zero-order valence-electron chi connectivity index (χ0n) is 12.0. The molecule has 1 rings (SSSR count). The number of hydrogen-bond acceptors (Lipinski definition) is 3. The van der Waals surface area contributed by atoms with Crippen molar-refractivity contribution in [2.24, 2.45) is 0 Å². The average Bonchev–Trinajstić information content (AvgIpc) is 2.39. The Morgan fingerprint density at radius 2 is 2.05 bits per heavy atom. The van der Waals surface area contributed by atoms with Gasteiger partial charge in [-0.2, -0.15) is 4.72 Å². The number of rotatable bonds is 5. The van der Waals surface area contributed by atoms with Crippen LogP contribution in [-0.2, 0) is 14.8 Å². The predicted molar refractivity (Wildman–Crippen MR) is 82.0 cm³/mol. The Morgan fingerprint density at radius 1 is 1.45 bits per heavy atom. The first-order valence-corrected chi connectivity index (χ1v) is 8.50. The normalized spacial score (nSPS) is 13.1. The van der Waals surface area contributed by atoms with E-state index in [9.17, 15) is 13.2 Å². The highest BCUT2D eigenvalue weighted by molar-refractivity contribution is 9.10. The number of carbonyl (C=O) groups excluding carboxylic acids is 1. The maximum atomic E-state index is 12.3. The van der Waals surface area contributed by atoms with Crippen molar-refractivity contribution in [3.05, 3.63) is 28.2 Å². The van der Waals surface area contributed by atoms with Gasteiger partial charge < -0.3 is 4.90 Å². The molecule has 5 nitrogen and oxygen atoms in total. The number of halogens is 1. The van der Waals surface area contributed by atoms with Gasteiger partial charge in [0.15, 0.2) is 0 Å². The van der Waals surface area contributed by atoms with Crippen LogP contribution < -0.4 is 4.72 Å². The maximum Gasteiger partial charge on any atom is 0.241 e. The van der Waals surface area contributed by atoms with Gasteiger partial charge in [0.2, 0.25) is 15.9 Å². The summed E-state index contributed by atoms with van der Waals surface area (Å²) in [5, 5.41) is 0. The molecule has 20 heavy (non-hydrogen) atoms. The number of likely N-dealkylation sites (N-methyl/N-ethyl adjacent to an activating group) is 1. The van der Waals surface area contributed by atoms with E-state index in [0.717, 1.165) is 0 Å². The summed E-state index contributed by atoms with van der Waals surface area (Å²) in [4.78, 5) is 13.6. The first-order valence-electron chi connectivity index (χ1n) is 6.22. The lowest BCUT2D eigenvalue weighted by atomic mass is 10.2. The fourth-order valence-corrected chi connectivity index (χ4v) is 3.68. The van der Waals surface area contributed by atoms with Crippen LogP contribution >= 0.6 is 15.9 Å². The molecule has 0 saturated carbocycles. The van der Waals surface area contributed by atoms with Crippen LogP contribution in [0.5, 0.6) is 0 Å². The molecular weight excluding hydrogens is 344 g/mol. The van der Waals surface area contributed by atoms with E-state index in [2.05, 4.69) is 20.7 Å². The van der Waals surface area contributed by atoms with Crippen LogP contribution in [0.1, 0.15) is 19.4 Å². The number of aryl methyl sites for hydroxylation is 1. The molecule has 1 aromatic rings. The summed E-state index contributed by atoms with van der Waals surface area (Å²) in [6, 6.07) is 4.21. The SMILES string of the molecule is CCN(C)C(=O)C(C)NS(=O)(=O)c1cc(Br)ccc1C. The molecule has 0 saturated heterocycles. The van der Waals surface area contributed by atoms with Crippen molar-refractivity contribution in [3.63, 3.8) is 0 Å². The molecule has 0 aliphatic heterocycles. The van der Waals surface area contributed by atoms with Gasteiger partial charge in [-0.25, -0.2) is 8.42 Å². The van der Waals surface area contributed by atoms with Crippen molar-refractivity contribution in [3.8, 4) is 0 Å². The summed E-state index contributed by atoms with van der Waals surface area (Å²) >= 11 is 3.25. The lowest BCUT2D eigenvalue weighted by molar-refractivity contribution is -0.131. The molecule has 1 aromatic carbocycles. The summed E-state index contributed by atoms with van der Waals surface area (Å²) in [6.07, 6.45) is 0. The molecule has 0 spiro atoms. The highest BCUT2D eigenvalue weighted by Gasteiger charge is 2.25. The third kappa shape index (κ3) is 4.04. The number of benzene rings is 1. The van der Waals surface area contributed by atoms with Gasteiger partial charge in [0, 0.05) is 18.1 Å². The van der Waals surface area contributed by atoms with E-state index in [1.54, 1.807) is 33.0 Å². The van der Waals surface area contributed by atoms with Gasteiger partial charge in [0.1, 0.15) is 0 Å². The zero-order chi connectivity index (χ0) is 15.5. The van der Waals surface area contributed by atoms with Gasteiger partial charge in [0.05, 0.1) is 10.9 Å². The van der Waals surface area contributed by atoms with Crippen molar-refractivity contribution >= 4 is 31.9 Å². The second kappa shape index (κ2) is 6.69. The molecule has 1 amide bonds. The standard InChI is InChI=1S/C13H19BrN2O3S/c1-5-16(4)13(17)10(3)15-20(18,19)12-8-11(14)7-6-9(12)2/h6-8,10,15H,5H2,1-4H3. The van der Waals surface area contributed by atoms with Crippen LogP contribution in [0.15, 0.2) is 27.6 Å². The number of hydrogen-bond donors (Lipinski definition) is 1. The summed E-state index contributed by atoms with van der Waals surface area (Å²) in [5.74, 6) is -0.260. The fraction of sp³-hybridized carbons (Fsp3) is 0.462. The Bertz CT molecular complexity index is 602. The molecule has 1 unspecified atom stereocenters. The van der Waals surface area contributed by atoms with Crippen LogP contribution in [0.25, 0.3) is 0 Å². The Balaban J connectivity index is 3.01. The van der Waals surface area contributed by atoms with E-state index in [0.29, 0.717) is 16.6 Å². The Labute approximate surface area is 128 Å². The van der Waals surface area contributed by atoms with Gasteiger partial charge in [-0.15, -0.1) is 0 Å². The summed E-state index contributed by atoms with van der Waals surface area (Å²) in [6.45, 7) is 5.61. The number of carbonyl (C=O) groups is 1. The molecule has 1 N–H and O–H groups in total. The average molecular weight is 363 g/mol. The first kappa shape index (κ1) is 17.1. The third-order valence-electron chi connectivity index (χ3n) is 2.99. The van der Waals surface area contributed by atoms with Crippen LogP contribution in [-0.4, -0.2) is 38.9 Å². The van der Waals surface area contributed by atoms with E-state index < -0.39 is 16.1 Å². The molecule has 0 aromatic heterocycles. The zero-order valence-corrected chi connectivity index (χ0v) is 14.4. The van der Waals surface area contributed by atoms with Gasteiger partial charge in [-0.05, 0) is 38.5 Å². The Morgan fingerprint density at radius 3 is 2.60 bits per heavy atom. The highest BCUT2D eigenvalue weighted by atomic mass is 79.9. The quantitative estimate of drug-likeness (QED) is 0.869. The number of nitrogens with zero attached hydrogens (tertiary/aromatic N) is 1. The Hall–Kier alpha value is -0.920. The lowest BCUT2D eigenvalue weighted by Crippen LogP contribution is -2.45. The van der Waals surface area contributed by atoms with Crippen molar-refractivity contribution in [2.75, 3.05) is 13.6 Å². The lowest BCUT2D eigenvalue weighted by Gasteiger charge is -2.21. The van der Waals surface area contributed by atoms with E-state index in [-0.39, 0.29) is 10.8 Å². The molecule has 0 radical (unpaired) electrons. The summed E-state index contributed by atoms with van der Waals surface area (Å²) in [5.41, 5.74) is 0.629. The van der Waals surface area contributed by atoms with Crippen molar-refractivity contribution < 1.29 is 13.2 Å². The monoisotopic (exact) mass is 362 g/mol. The third-order valence-corrected chi connectivity index (χ3v) is 5.17. The van der Waals surface area contributed by atoms with Crippen LogP contribution in [0.4, 0.5) is 0 Å². The van der Waals surface area contributed by atoms with Crippen LogP contribution in [0, 0.1) is 6.92 Å². The smallest absolute Gasteiger partial charge is 0.241 e. The Kier molecular flexibility index (Phi) is 5.73. The predicted octanol–water partition coefficient (Wildman–Crippen LogP) is 1.90. The van der Waals surface area contributed by atoms with Gasteiger partial charge >= 0.3 is 0 Å². The molecule has 0 aliphatic rings. The van der Waals surface area contributed by atoms with E-state index >= 15 is 0 Å². The second-order valence-corrected chi connectivity index (χ2v) is 7.20. The van der Waals surface area contributed by atoms with Crippen molar-refractivity contribution in [1.29, 1.82) is 0 Å². The topological polar surface area (TPSA) is 66.5 Å². The van der Waals surface area contributed by atoms with Crippen LogP contribution in [0.2, 0.25) is 0 Å². The number of sulfonamides is 1. The molecule has 0 fully saturated rings. The molecule has 0 aliphatic carbocycles. The minimum absolute atomic E-state index is 0.172. The molecule has 7 heteroatoms. The largest absolute Gasteiger partial charge is 0.345 e. The molecule has 0 bridgehead atoms. The molecule has 1 atom stereocenters. The number of nitrogens with one attached hydrogen (secondary N) is 1. The van der Waals surface area contributed by atoms with Crippen LogP contribution in [0.3, 0.4) is 0 Å². The van der Waals surface area contributed by atoms with Crippen molar-refractivity contribution in [2.45, 2.75) is 31.7 Å². The summed E-state index contributed by atoms with van der Waals surface area (Å²) in [7, 11) is -2.09. The molecule has 0 heterocycles. The minimum atomic E-state index is -3.73. The fourth-order valence-electron chi connectivity index (χ4n) is 1.70. The van der Waals surface area contributed by atoms with Gasteiger partial charge in [0.25, 0.3) is 0 Å². The second-order valence-electron chi connectivity index (χ2n) is 4.61. The van der Waals surface area contributed by atoms with Crippen molar-refractivity contribution in [1.82, 2.24) is 9.62 Å². The minimum Gasteiger partial charge on any atom is -0.345 e.